The molecule has 0 amide bonds. The third kappa shape index (κ3) is 3.33. The first-order valence-electron chi connectivity index (χ1n) is 8.39. The number of nitrogens with two attached hydrogens (primary N) is 1. The second-order valence-electron chi connectivity index (χ2n) is 6.11. The molecule has 28 heavy (non-hydrogen) atoms. The van der Waals surface area contributed by atoms with Crippen molar-refractivity contribution in [2.45, 2.75) is 24.5 Å². The van der Waals surface area contributed by atoms with E-state index >= 15 is 0 Å². The molecule has 1 aliphatic rings. The minimum Gasteiger partial charge on any atom is -0.431 e. The van der Waals surface area contributed by atoms with Crippen LogP contribution in [-0.4, -0.2) is 60.8 Å². The van der Waals surface area contributed by atoms with Gasteiger partial charge in [0.25, 0.3) is 0 Å². The van der Waals surface area contributed by atoms with Gasteiger partial charge in [0.2, 0.25) is 0 Å². The number of para-hydroxylation sites is 1. The van der Waals surface area contributed by atoms with E-state index in [1.54, 1.807) is 30.3 Å². The zero-order chi connectivity index (χ0) is 19.7. The Hall–Kier alpha value is -3.28. The van der Waals surface area contributed by atoms with Gasteiger partial charge in [-0.2, -0.15) is 0 Å². The number of aliphatic hydroxyl groups excluding tert-OH is 2. The number of rotatable bonds is 4. The lowest BCUT2D eigenvalue weighted by Crippen LogP contribution is -2.34. The Morgan fingerprint density at radius 2 is 1.96 bits per heavy atom. The third-order valence-electron chi connectivity index (χ3n) is 4.31. The SMILES string of the molecule is Nc1ncnc2c1ncn2[C@@H]1O[C@H](COC(=O)Oc2ccccc2)[C@@H](O)[C@H]1O. The molecule has 4 atom stereocenters. The fraction of sp³-hybridized carbons (Fsp3) is 0.294. The highest BCUT2D eigenvalue weighted by Gasteiger charge is 2.45. The lowest BCUT2D eigenvalue weighted by atomic mass is 10.1. The van der Waals surface area contributed by atoms with Gasteiger partial charge in [0.05, 0.1) is 6.33 Å². The van der Waals surface area contributed by atoms with Crippen molar-refractivity contribution >= 4 is 23.1 Å². The summed E-state index contributed by atoms with van der Waals surface area (Å²) in [4.78, 5) is 23.8. The van der Waals surface area contributed by atoms with Crippen molar-refractivity contribution in [1.29, 1.82) is 0 Å². The topological polar surface area (TPSA) is 155 Å². The first-order chi connectivity index (χ1) is 13.5. The Morgan fingerprint density at radius 1 is 1.18 bits per heavy atom. The van der Waals surface area contributed by atoms with E-state index in [9.17, 15) is 15.0 Å². The quantitative estimate of drug-likeness (QED) is 0.419. The molecule has 11 heteroatoms. The summed E-state index contributed by atoms with van der Waals surface area (Å²) in [5.41, 5.74) is 6.44. The van der Waals surface area contributed by atoms with Crippen LogP contribution < -0.4 is 10.5 Å². The van der Waals surface area contributed by atoms with Crippen molar-refractivity contribution in [3.63, 3.8) is 0 Å². The number of aromatic nitrogens is 4. The molecule has 3 aromatic rings. The highest BCUT2D eigenvalue weighted by molar-refractivity contribution is 5.81. The zero-order valence-electron chi connectivity index (χ0n) is 14.5. The van der Waals surface area contributed by atoms with E-state index in [1.165, 1.54) is 17.2 Å². The minimum atomic E-state index is -1.30. The maximum absolute atomic E-state index is 11.8. The summed E-state index contributed by atoms with van der Waals surface area (Å²) in [6.45, 7) is -0.315. The average Bonchev–Trinajstić information content (AvgIpc) is 3.24. The van der Waals surface area contributed by atoms with Gasteiger partial charge in [-0.25, -0.2) is 19.7 Å². The van der Waals surface area contributed by atoms with Gasteiger partial charge < -0.3 is 30.2 Å². The Kier molecular flexibility index (Phi) is 4.77. The molecule has 1 aromatic carbocycles. The van der Waals surface area contributed by atoms with Gasteiger partial charge in [-0.15, -0.1) is 0 Å². The van der Waals surface area contributed by atoms with Crippen molar-refractivity contribution in [2.24, 2.45) is 0 Å². The van der Waals surface area contributed by atoms with E-state index in [2.05, 4.69) is 15.0 Å². The van der Waals surface area contributed by atoms with E-state index in [0.717, 1.165) is 0 Å². The van der Waals surface area contributed by atoms with Crippen molar-refractivity contribution < 1.29 is 29.2 Å². The minimum absolute atomic E-state index is 0.181. The number of nitrogens with zero attached hydrogens (tertiary/aromatic N) is 4. The number of hydrogen-bond acceptors (Lipinski definition) is 10. The van der Waals surface area contributed by atoms with E-state index in [1.807, 2.05) is 0 Å². The van der Waals surface area contributed by atoms with Crippen molar-refractivity contribution in [2.75, 3.05) is 12.3 Å². The largest absolute Gasteiger partial charge is 0.513 e. The number of benzene rings is 1. The molecule has 0 saturated carbocycles. The van der Waals surface area contributed by atoms with Crippen LogP contribution in [0, 0.1) is 0 Å². The Morgan fingerprint density at radius 3 is 2.75 bits per heavy atom. The molecule has 146 valence electrons. The van der Waals surface area contributed by atoms with Gasteiger partial charge in [-0.1, -0.05) is 18.2 Å². The molecule has 4 N–H and O–H groups in total. The average molecular weight is 387 g/mol. The molecule has 11 nitrogen and oxygen atoms in total. The Balaban J connectivity index is 1.43. The number of fused-ring (bicyclic) bond motifs is 1. The number of imidazole rings is 1. The molecule has 1 saturated heterocycles. The van der Waals surface area contributed by atoms with Crippen LogP contribution in [0.1, 0.15) is 6.23 Å². The van der Waals surface area contributed by atoms with Crippen molar-refractivity contribution in [1.82, 2.24) is 19.5 Å². The molecule has 0 spiro atoms. The second kappa shape index (κ2) is 7.38. The summed E-state index contributed by atoms with van der Waals surface area (Å²) in [6, 6.07) is 8.39. The normalized spacial score (nSPS) is 24.4. The van der Waals surface area contributed by atoms with E-state index in [4.69, 9.17) is 19.9 Å². The molecule has 0 radical (unpaired) electrons. The number of carbonyl (C=O) groups is 1. The van der Waals surface area contributed by atoms with Gasteiger partial charge in [0.15, 0.2) is 17.7 Å². The summed E-state index contributed by atoms with van der Waals surface area (Å²) in [5.74, 6) is 0.501. The first kappa shape index (κ1) is 18.1. The molecule has 0 unspecified atom stereocenters. The molecular weight excluding hydrogens is 370 g/mol. The highest BCUT2D eigenvalue weighted by Crippen LogP contribution is 2.32. The van der Waals surface area contributed by atoms with Crippen LogP contribution in [0.4, 0.5) is 10.6 Å². The highest BCUT2D eigenvalue weighted by atomic mass is 16.7. The summed E-state index contributed by atoms with van der Waals surface area (Å²) in [7, 11) is 0. The van der Waals surface area contributed by atoms with Crippen LogP contribution in [0.15, 0.2) is 43.0 Å². The number of hydrogen-bond donors (Lipinski definition) is 3. The second-order valence-corrected chi connectivity index (χ2v) is 6.11. The molecule has 4 rings (SSSR count). The zero-order valence-corrected chi connectivity index (χ0v) is 14.5. The van der Waals surface area contributed by atoms with Crippen LogP contribution in [-0.2, 0) is 9.47 Å². The number of ether oxygens (including phenoxy) is 3. The van der Waals surface area contributed by atoms with Gasteiger partial charge >= 0.3 is 6.16 Å². The van der Waals surface area contributed by atoms with Crippen molar-refractivity contribution in [3.05, 3.63) is 43.0 Å². The van der Waals surface area contributed by atoms with E-state index in [-0.39, 0.29) is 12.4 Å². The van der Waals surface area contributed by atoms with Crippen LogP contribution in [0.5, 0.6) is 5.75 Å². The molecule has 1 fully saturated rings. The smallest absolute Gasteiger partial charge is 0.431 e. The fourth-order valence-corrected chi connectivity index (χ4v) is 2.92. The van der Waals surface area contributed by atoms with Gasteiger partial charge in [0.1, 0.15) is 42.5 Å². The fourth-order valence-electron chi connectivity index (χ4n) is 2.92. The van der Waals surface area contributed by atoms with Crippen LogP contribution >= 0.6 is 0 Å². The Labute approximate surface area is 158 Å². The van der Waals surface area contributed by atoms with Crippen LogP contribution in [0.2, 0.25) is 0 Å². The van der Waals surface area contributed by atoms with E-state index < -0.39 is 30.7 Å². The molecule has 1 aliphatic heterocycles. The van der Waals surface area contributed by atoms with Crippen LogP contribution in [0.3, 0.4) is 0 Å². The molecular formula is C17H17N5O6. The number of anilines is 1. The predicted molar refractivity (Wildman–Crippen MR) is 94.1 cm³/mol. The molecule has 0 aliphatic carbocycles. The molecule has 0 bridgehead atoms. The molecule has 2 aromatic heterocycles. The predicted octanol–water partition coefficient (Wildman–Crippen LogP) is 0.243. The van der Waals surface area contributed by atoms with E-state index in [0.29, 0.717) is 16.9 Å². The summed E-state index contributed by atoms with van der Waals surface area (Å²) in [6.07, 6.45) is -2.88. The summed E-state index contributed by atoms with van der Waals surface area (Å²) < 4.78 is 17.1. The first-order valence-corrected chi connectivity index (χ1v) is 8.39. The van der Waals surface area contributed by atoms with Gasteiger partial charge in [-0.05, 0) is 12.1 Å². The summed E-state index contributed by atoms with van der Waals surface area (Å²) in [5, 5.41) is 20.6. The third-order valence-corrected chi connectivity index (χ3v) is 4.31. The Bertz CT molecular complexity index is 981. The number of aliphatic hydroxyl groups is 2. The van der Waals surface area contributed by atoms with Crippen molar-refractivity contribution in [3.8, 4) is 5.75 Å². The monoisotopic (exact) mass is 387 g/mol. The lowest BCUT2D eigenvalue weighted by molar-refractivity contribution is -0.0570. The van der Waals surface area contributed by atoms with Gasteiger partial charge in [-0.3, -0.25) is 4.57 Å². The standard InChI is InChI=1S/C17H17N5O6/c18-14-11-15(20-7-19-14)22(8-21-11)16-13(24)12(23)10(28-16)6-26-17(25)27-9-4-2-1-3-5-9/h1-5,7-8,10,12-13,16,23-24H,6H2,(H2,18,19,20)/t10-,12-,13-,16-/m1/s1. The summed E-state index contributed by atoms with van der Waals surface area (Å²) >= 11 is 0. The lowest BCUT2D eigenvalue weighted by Gasteiger charge is -2.16. The maximum atomic E-state index is 11.8. The molecule has 3 heterocycles. The number of carbonyl (C=O) groups excluding carboxylic acids is 1. The number of nitrogen functional groups attached to an aromatic ring is 1. The maximum Gasteiger partial charge on any atom is 0.513 e. The van der Waals surface area contributed by atoms with Gasteiger partial charge in [0, 0.05) is 0 Å². The van der Waals surface area contributed by atoms with Crippen LogP contribution in [0.25, 0.3) is 11.2 Å².